The number of aromatic nitrogens is 2. The summed E-state index contributed by atoms with van der Waals surface area (Å²) in [6.07, 6.45) is 1.25. The van der Waals surface area contributed by atoms with Gasteiger partial charge in [0.2, 0.25) is 5.75 Å². The quantitative estimate of drug-likeness (QED) is 0.826. The zero-order chi connectivity index (χ0) is 13.8. The molecule has 2 N–H and O–H groups in total. The summed E-state index contributed by atoms with van der Waals surface area (Å²) in [5.74, 6) is -0.973. The van der Waals surface area contributed by atoms with Crippen LogP contribution in [0.25, 0.3) is 0 Å². The van der Waals surface area contributed by atoms with E-state index in [4.69, 9.17) is 9.84 Å². The van der Waals surface area contributed by atoms with Gasteiger partial charge in [-0.3, -0.25) is 4.79 Å². The Morgan fingerprint density at radius 1 is 1.42 bits per heavy atom. The molecule has 0 saturated carbocycles. The zero-order valence-corrected chi connectivity index (χ0v) is 10.7. The predicted octanol–water partition coefficient (Wildman–Crippen LogP) is 1.63. The first-order valence-electron chi connectivity index (χ1n) is 5.25. The summed E-state index contributed by atoms with van der Waals surface area (Å²) in [5.41, 5.74) is -0.260. The highest BCUT2D eigenvalue weighted by atomic mass is 32.2. The molecule has 0 saturated heterocycles. The number of carboxylic acids is 1. The highest BCUT2D eigenvalue weighted by Crippen LogP contribution is 2.32. The number of nitrogens with zero attached hydrogens (tertiary/aromatic N) is 1. The molecule has 0 atom stereocenters. The lowest BCUT2D eigenvalue weighted by Crippen LogP contribution is -2.11. The lowest BCUT2D eigenvalue weighted by Gasteiger charge is -2.07. The second-order valence-electron chi connectivity index (χ2n) is 3.47. The summed E-state index contributed by atoms with van der Waals surface area (Å²) in [5, 5.41) is 9.41. The molecule has 0 amide bonds. The third kappa shape index (κ3) is 2.76. The molecule has 0 fully saturated rings. The van der Waals surface area contributed by atoms with Gasteiger partial charge in [-0.15, -0.1) is 0 Å². The van der Waals surface area contributed by atoms with Gasteiger partial charge in [0.05, 0.1) is 19.0 Å². The van der Waals surface area contributed by atoms with Gasteiger partial charge in [0.1, 0.15) is 0 Å². The number of aromatic amines is 1. The van der Waals surface area contributed by atoms with E-state index < -0.39 is 11.5 Å². The molecule has 6 nitrogen and oxygen atoms in total. The van der Waals surface area contributed by atoms with Crippen molar-refractivity contribution >= 4 is 17.7 Å². The maximum absolute atomic E-state index is 11.5. The van der Waals surface area contributed by atoms with E-state index in [1.54, 1.807) is 18.2 Å². The Balaban J connectivity index is 2.45. The van der Waals surface area contributed by atoms with E-state index in [1.807, 2.05) is 0 Å². The first-order valence-corrected chi connectivity index (χ1v) is 6.07. The van der Waals surface area contributed by atoms with E-state index in [1.165, 1.54) is 19.5 Å². The minimum absolute atomic E-state index is 0.0627. The lowest BCUT2D eigenvalue weighted by molar-refractivity contribution is 0.0693. The van der Waals surface area contributed by atoms with Crippen molar-refractivity contribution in [2.45, 2.75) is 9.92 Å². The van der Waals surface area contributed by atoms with Crippen LogP contribution in [0.4, 0.5) is 0 Å². The van der Waals surface area contributed by atoms with Gasteiger partial charge >= 0.3 is 5.97 Å². The minimum atomic E-state index is -1.04. The number of nitrogens with one attached hydrogen (secondary N) is 1. The molecule has 2 rings (SSSR count). The fourth-order valence-electron chi connectivity index (χ4n) is 1.46. The van der Waals surface area contributed by atoms with Crippen molar-refractivity contribution in [1.82, 2.24) is 9.97 Å². The SMILES string of the molecule is COc1c(Sc2ccccc2C(=O)O)nc[nH]c1=O. The van der Waals surface area contributed by atoms with Gasteiger partial charge < -0.3 is 14.8 Å². The predicted molar refractivity (Wildman–Crippen MR) is 68.9 cm³/mol. The van der Waals surface area contributed by atoms with Gasteiger partial charge in [-0.1, -0.05) is 23.9 Å². The molecule has 0 bridgehead atoms. The van der Waals surface area contributed by atoms with Crippen LogP contribution in [-0.4, -0.2) is 28.2 Å². The van der Waals surface area contributed by atoms with Crippen molar-refractivity contribution in [3.05, 3.63) is 46.5 Å². The first kappa shape index (κ1) is 13.2. The highest BCUT2D eigenvalue weighted by molar-refractivity contribution is 7.99. The maximum Gasteiger partial charge on any atom is 0.336 e. The molecule has 0 aliphatic carbocycles. The Kier molecular flexibility index (Phi) is 3.86. The number of carbonyl (C=O) groups is 1. The number of aromatic carboxylic acids is 1. The number of hydrogen-bond donors (Lipinski definition) is 2. The van der Waals surface area contributed by atoms with Crippen LogP contribution in [0.2, 0.25) is 0 Å². The summed E-state index contributed by atoms with van der Waals surface area (Å²) in [6.45, 7) is 0. The molecule has 0 spiro atoms. The summed E-state index contributed by atoms with van der Waals surface area (Å²) in [4.78, 5) is 29.5. The van der Waals surface area contributed by atoms with Crippen LogP contribution in [0.15, 0.2) is 45.3 Å². The molecule has 1 aromatic heterocycles. The number of carboxylic acid groups (broad SMARTS) is 1. The zero-order valence-electron chi connectivity index (χ0n) is 9.91. The number of H-pyrrole nitrogens is 1. The van der Waals surface area contributed by atoms with Crippen LogP contribution in [0, 0.1) is 0 Å². The van der Waals surface area contributed by atoms with Crippen LogP contribution in [0.3, 0.4) is 0 Å². The smallest absolute Gasteiger partial charge is 0.336 e. The maximum atomic E-state index is 11.5. The van der Waals surface area contributed by atoms with Gasteiger partial charge in [0, 0.05) is 4.90 Å². The van der Waals surface area contributed by atoms with Gasteiger partial charge in [-0.2, -0.15) is 0 Å². The van der Waals surface area contributed by atoms with E-state index in [0.29, 0.717) is 9.92 Å². The fraction of sp³-hybridized carbons (Fsp3) is 0.0833. The second-order valence-corrected chi connectivity index (χ2v) is 4.50. The Labute approximate surface area is 112 Å². The molecule has 2 aromatic rings. The van der Waals surface area contributed by atoms with E-state index in [0.717, 1.165) is 11.8 Å². The van der Waals surface area contributed by atoms with Gasteiger partial charge in [-0.05, 0) is 12.1 Å². The van der Waals surface area contributed by atoms with Crippen LogP contribution >= 0.6 is 11.8 Å². The van der Waals surface area contributed by atoms with Crippen molar-refractivity contribution in [3.8, 4) is 5.75 Å². The number of rotatable bonds is 4. The molecule has 0 unspecified atom stereocenters. The third-order valence-corrected chi connectivity index (χ3v) is 3.37. The number of ether oxygens (including phenoxy) is 1. The number of benzene rings is 1. The summed E-state index contributed by atoms with van der Waals surface area (Å²) in [7, 11) is 1.36. The Morgan fingerprint density at radius 2 is 2.16 bits per heavy atom. The topological polar surface area (TPSA) is 92.3 Å². The fourth-order valence-corrected chi connectivity index (χ4v) is 2.45. The van der Waals surface area contributed by atoms with Crippen molar-refractivity contribution in [2.75, 3.05) is 7.11 Å². The Morgan fingerprint density at radius 3 is 2.84 bits per heavy atom. The largest absolute Gasteiger partial charge is 0.489 e. The molecule has 1 aromatic carbocycles. The lowest BCUT2D eigenvalue weighted by atomic mass is 10.2. The van der Waals surface area contributed by atoms with Crippen LogP contribution < -0.4 is 10.3 Å². The molecule has 19 heavy (non-hydrogen) atoms. The molecule has 0 radical (unpaired) electrons. The van der Waals surface area contributed by atoms with E-state index in [-0.39, 0.29) is 11.3 Å². The van der Waals surface area contributed by atoms with Crippen molar-refractivity contribution in [1.29, 1.82) is 0 Å². The van der Waals surface area contributed by atoms with Crippen molar-refractivity contribution < 1.29 is 14.6 Å². The average Bonchev–Trinajstić information content (AvgIpc) is 2.39. The van der Waals surface area contributed by atoms with E-state index in [2.05, 4.69) is 9.97 Å². The molecular weight excluding hydrogens is 268 g/mol. The van der Waals surface area contributed by atoms with Crippen LogP contribution in [0.1, 0.15) is 10.4 Å². The van der Waals surface area contributed by atoms with Gasteiger partial charge in [0.25, 0.3) is 5.56 Å². The first-order chi connectivity index (χ1) is 9.13. The molecule has 0 aliphatic rings. The molecule has 1 heterocycles. The van der Waals surface area contributed by atoms with Crippen LogP contribution in [0.5, 0.6) is 5.75 Å². The monoisotopic (exact) mass is 278 g/mol. The molecule has 7 heteroatoms. The Hall–Kier alpha value is -2.28. The van der Waals surface area contributed by atoms with Gasteiger partial charge in [-0.25, -0.2) is 9.78 Å². The van der Waals surface area contributed by atoms with E-state index >= 15 is 0 Å². The minimum Gasteiger partial charge on any atom is -0.489 e. The highest BCUT2D eigenvalue weighted by Gasteiger charge is 2.15. The second kappa shape index (κ2) is 5.57. The summed E-state index contributed by atoms with van der Waals surface area (Å²) in [6, 6.07) is 6.49. The number of methoxy groups -OCH3 is 1. The molecular formula is C12H10N2O4S. The third-order valence-electron chi connectivity index (χ3n) is 2.31. The van der Waals surface area contributed by atoms with Gasteiger partial charge in [0.15, 0.2) is 5.03 Å². The Bertz CT molecular complexity index is 669. The van der Waals surface area contributed by atoms with Crippen molar-refractivity contribution in [2.24, 2.45) is 0 Å². The van der Waals surface area contributed by atoms with E-state index in [9.17, 15) is 9.59 Å². The normalized spacial score (nSPS) is 10.2. The van der Waals surface area contributed by atoms with Crippen LogP contribution in [-0.2, 0) is 0 Å². The number of hydrogen-bond acceptors (Lipinski definition) is 5. The summed E-state index contributed by atoms with van der Waals surface area (Å²) < 4.78 is 4.97. The average molecular weight is 278 g/mol. The summed E-state index contributed by atoms with van der Waals surface area (Å²) >= 11 is 1.07. The molecule has 98 valence electrons. The molecule has 0 aliphatic heterocycles. The van der Waals surface area contributed by atoms with Crippen molar-refractivity contribution in [3.63, 3.8) is 0 Å². The standard InChI is InChI=1S/C12H10N2O4S/c1-18-9-10(15)13-6-14-11(9)19-8-5-3-2-4-7(8)12(16)17/h2-6H,1H3,(H,16,17)(H,13,14,15).